The van der Waals surface area contributed by atoms with Crippen LogP contribution in [0.5, 0.6) is 5.75 Å². The molecule has 11 heteroatoms. The molecular weight excluding hydrogens is 492 g/mol. The van der Waals surface area contributed by atoms with E-state index in [1.54, 1.807) is 14.1 Å². The van der Waals surface area contributed by atoms with Crippen molar-refractivity contribution in [3.63, 3.8) is 0 Å². The minimum absolute atomic E-state index is 0.0516. The molecule has 2 unspecified atom stereocenters. The van der Waals surface area contributed by atoms with E-state index in [0.717, 1.165) is 5.69 Å². The number of aliphatic hydroxyl groups excluding tert-OH is 2. The number of fused-ring (bicyclic) bond motifs is 3. The van der Waals surface area contributed by atoms with Gasteiger partial charge >= 0.3 is 0 Å². The third kappa shape index (κ3) is 3.88. The lowest BCUT2D eigenvalue weighted by Gasteiger charge is -2.50. The fourth-order valence-corrected chi connectivity index (χ4v) is 6.19. The maximum absolute atomic E-state index is 14.0. The Morgan fingerprint density at radius 2 is 1.82 bits per heavy atom. The highest BCUT2D eigenvalue weighted by Crippen LogP contribution is 2.54. The second-order valence-electron chi connectivity index (χ2n) is 11.1. The third-order valence-electron chi connectivity index (χ3n) is 7.96. The Morgan fingerprint density at radius 1 is 1.18 bits per heavy atom. The van der Waals surface area contributed by atoms with Crippen LogP contribution in [-0.4, -0.2) is 88.7 Å². The lowest BCUT2D eigenvalue weighted by Crippen LogP contribution is -2.65. The smallest absolute Gasteiger partial charge is 0.255 e. The second kappa shape index (κ2) is 9.40. The molecule has 0 radical (unpaired) electrons. The fourth-order valence-electron chi connectivity index (χ4n) is 6.19. The summed E-state index contributed by atoms with van der Waals surface area (Å²) in [5, 5.41) is 48.6. The van der Waals surface area contributed by atoms with Gasteiger partial charge in [-0.05, 0) is 44.5 Å². The van der Waals surface area contributed by atoms with E-state index in [1.807, 2.05) is 38.9 Å². The Labute approximate surface area is 221 Å². The van der Waals surface area contributed by atoms with Crippen LogP contribution in [0.4, 0.5) is 5.69 Å². The monoisotopic (exact) mass is 528 g/mol. The summed E-state index contributed by atoms with van der Waals surface area (Å²) in [5.41, 5.74) is 3.71. The number of hydrogen-bond donors (Lipinski definition) is 6. The summed E-state index contributed by atoms with van der Waals surface area (Å²) in [6.07, 6.45) is 0.295. The van der Waals surface area contributed by atoms with Crippen LogP contribution in [-0.2, 0) is 27.3 Å². The quantitative estimate of drug-likeness (QED) is 0.286. The average Bonchev–Trinajstić information content (AvgIpc) is 2.80. The highest BCUT2D eigenvalue weighted by atomic mass is 16.3. The number of amides is 1. The van der Waals surface area contributed by atoms with Gasteiger partial charge in [-0.2, -0.15) is 0 Å². The molecule has 4 rings (SSSR count). The molecule has 7 N–H and O–H groups in total. The summed E-state index contributed by atoms with van der Waals surface area (Å²) in [6.45, 7) is 4.22. The van der Waals surface area contributed by atoms with Crippen LogP contribution in [0.25, 0.3) is 5.76 Å². The van der Waals surface area contributed by atoms with Crippen molar-refractivity contribution in [1.29, 1.82) is 0 Å². The number of likely N-dealkylation sites (N-methyl/N-ethyl adjacent to an activating group) is 1. The topological polar surface area (TPSA) is 177 Å². The number of aliphatic hydroxyl groups is 3. The first-order valence-corrected chi connectivity index (χ1v) is 12.6. The Balaban J connectivity index is 1.97. The summed E-state index contributed by atoms with van der Waals surface area (Å²) in [7, 11) is 6.82. The predicted octanol–water partition coefficient (Wildman–Crippen LogP) is 0.528. The first kappa shape index (κ1) is 27.6. The maximum atomic E-state index is 14.0. The molecule has 206 valence electrons. The summed E-state index contributed by atoms with van der Waals surface area (Å²) < 4.78 is 0. The van der Waals surface area contributed by atoms with Gasteiger partial charge in [0.2, 0.25) is 5.78 Å². The fraction of sp³-hybridized carbons (Fsp3) is 0.519. The number of Topliss-reactive ketones (excluding diaryl/α,β-unsaturated/α-hetero) is 2. The number of ketones is 2. The van der Waals surface area contributed by atoms with Gasteiger partial charge in [-0.1, -0.05) is 13.8 Å². The van der Waals surface area contributed by atoms with Crippen molar-refractivity contribution >= 4 is 28.9 Å². The number of phenolic OH excluding ortho intramolecular Hbond substituents is 1. The molecule has 3 aliphatic rings. The molecule has 1 aromatic rings. The van der Waals surface area contributed by atoms with E-state index in [1.165, 1.54) is 4.90 Å². The molecule has 1 fully saturated rings. The summed E-state index contributed by atoms with van der Waals surface area (Å²) in [5.74, 6) is -6.55. The Morgan fingerprint density at radius 3 is 2.34 bits per heavy atom. The van der Waals surface area contributed by atoms with Gasteiger partial charge in [0.1, 0.15) is 22.8 Å². The zero-order chi connectivity index (χ0) is 28.4. The lowest BCUT2D eigenvalue weighted by atomic mass is 9.57. The van der Waals surface area contributed by atoms with Crippen LogP contribution in [0.15, 0.2) is 23.0 Å². The van der Waals surface area contributed by atoms with Gasteiger partial charge < -0.3 is 36.4 Å². The van der Waals surface area contributed by atoms with E-state index >= 15 is 0 Å². The Hall–Kier alpha value is -3.41. The summed E-state index contributed by atoms with van der Waals surface area (Å²) in [4.78, 5) is 42.6. The number of anilines is 1. The number of rotatable bonds is 6. The molecule has 0 aromatic heterocycles. The van der Waals surface area contributed by atoms with Gasteiger partial charge in [-0.25, -0.2) is 0 Å². The first-order valence-electron chi connectivity index (χ1n) is 12.6. The van der Waals surface area contributed by atoms with Gasteiger partial charge in [-0.15, -0.1) is 0 Å². The number of aromatic hydroxyl groups is 1. The van der Waals surface area contributed by atoms with E-state index in [0.29, 0.717) is 17.7 Å². The zero-order valence-corrected chi connectivity index (χ0v) is 22.5. The summed E-state index contributed by atoms with van der Waals surface area (Å²) in [6, 6.07) is 0.852. The number of phenols is 1. The molecule has 0 bridgehead atoms. The number of nitrogens with two attached hydrogens (primary N) is 1. The van der Waals surface area contributed by atoms with Crippen molar-refractivity contribution in [3.8, 4) is 5.75 Å². The van der Waals surface area contributed by atoms with Crippen LogP contribution in [0.3, 0.4) is 0 Å². The van der Waals surface area contributed by atoms with E-state index in [-0.39, 0.29) is 35.8 Å². The SMILES string of the molecule is CC(C)NCc1cc(N(C)C)c2c(c1O)C(O)=C1C(=O)[C@]3(O)C(O)=C(C(N)=O)C(=O)C(N(C)C)[C@@H]3CC1C2. The maximum Gasteiger partial charge on any atom is 0.255 e. The van der Waals surface area contributed by atoms with Crippen LogP contribution in [0.2, 0.25) is 0 Å². The van der Waals surface area contributed by atoms with E-state index in [4.69, 9.17) is 5.73 Å². The number of carbonyl (C=O) groups is 3. The van der Waals surface area contributed by atoms with Crippen LogP contribution < -0.4 is 16.0 Å². The molecule has 1 saturated carbocycles. The van der Waals surface area contributed by atoms with Crippen molar-refractivity contribution in [2.45, 2.75) is 50.9 Å². The zero-order valence-electron chi connectivity index (χ0n) is 22.5. The largest absolute Gasteiger partial charge is 0.508 e. The van der Waals surface area contributed by atoms with Crippen molar-refractivity contribution in [1.82, 2.24) is 10.2 Å². The molecule has 3 aliphatic carbocycles. The molecule has 1 amide bonds. The van der Waals surface area contributed by atoms with E-state index < -0.39 is 58.0 Å². The lowest BCUT2D eigenvalue weighted by molar-refractivity contribution is -0.153. The standard InChI is InChI=1S/C27H36N4O7/c1-11(2)29-10-13-9-16(30(3)4)14-7-12-8-15-20(31(5)6)23(34)19(26(28)37)25(36)27(15,38)24(35)17(12)22(33)18(14)21(13)32/h9,11-12,15,20,29,32-33,36,38H,7-8,10H2,1-6H3,(H2,28,37)/t12?,15-,20?,27-/m0/s1. The number of carbonyl (C=O) groups excluding carboxylic acids is 3. The normalized spacial score (nSPS) is 27.0. The van der Waals surface area contributed by atoms with Crippen LogP contribution in [0.1, 0.15) is 37.0 Å². The molecule has 38 heavy (non-hydrogen) atoms. The Kier molecular flexibility index (Phi) is 6.84. The van der Waals surface area contributed by atoms with Crippen LogP contribution in [0, 0.1) is 11.8 Å². The van der Waals surface area contributed by atoms with Crippen molar-refractivity contribution in [2.24, 2.45) is 17.6 Å². The van der Waals surface area contributed by atoms with Gasteiger partial charge in [0, 0.05) is 49.4 Å². The third-order valence-corrected chi connectivity index (χ3v) is 7.96. The minimum atomic E-state index is -2.65. The molecule has 0 heterocycles. The highest BCUT2D eigenvalue weighted by molar-refractivity contribution is 6.24. The van der Waals surface area contributed by atoms with E-state index in [2.05, 4.69) is 5.32 Å². The molecular formula is C27H36N4O7. The van der Waals surface area contributed by atoms with Gasteiger partial charge in [0.15, 0.2) is 11.4 Å². The molecule has 1 aromatic carbocycles. The van der Waals surface area contributed by atoms with Gasteiger partial charge in [0.25, 0.3) is 5.91 Å². The molecule has 11 nitrogen and oxygen atoms in total. The predicted molar refractivity (Wildman–Crippen MR) is 141 cm³/mol. The molecule has 0 spiro atoms. The number of nitrogens with zero attached hydrogens (tertiary/aromatic N) is 2. The number of hydrogen-bond acceptors (Lipinski definition) is 10. The van der Waals surface area contributed by atoms with Gasteiger partial charge in [-0.3, -0.25) is 19.3 Å². The number of primary amides is 1. The second-order valence-corrected chi connectivity index (χ2v) is 11.1. The van der Waals surface area contributed by atoms with Gasteiger partial charge in [0.05, 0.1) is 11.6 Å². The number of benzene rings is 1. The number of nitrogens with one attached hydrogen (secondary N) is 1. The van der Waals surface area contributed by atoms with Crippen LogP contribution >= 0.6 is 0 Å². The Bertz CT molecular complexity index is 1300. The average molecular weight is 529 g/mol. The van der Waals surface area contributed by atoms with Crippen molar-refractivity contribution in [3.05, 3.63) is 39.7 Å². The molecule has 0 aliphatic heterocycles. The van der Waals surface area contributed by atoms with Crippen molar-refractivity contribution in [2.75, 3.05) is 33.1 Å². The minimum Gasteiger partial charge on any atom is -0.508 e. The first-order chi connectivity index (χ1) is 17.6. The highest BCUT2D eigenvalue weighted by Gasteiger charge is 2.64. The van der Waals surface area contributed by atoms with Crippen molar-refractivity contribution < 1.29 is 34.8 Å². The molecule has 0 saturated heterocycles. The van der Waals surface area contributed by atoms with E-state index in [9.17, 15) is 34.8 Å². The summed E-state index contributed by atoms with van der Waals surface area (Å²) >= 11 is 0. The molecule has 4 atom stereocenters.